The molecule has 2 aromatic rings. The summed E-state index contributed by atoms with van der Waals surface area (Å²) in [6, 6.07) is 11.9. The van der Waals surface area contributed by atoms with Gasteiger partial charge in [0.05, 0.1) is 19.2 Å². The first-order valence-corrected chi connectivity index (χ1v) is 8.14. The fourth-order valence-corrected chi connectivity index (χ4v) is 2.69. The third-order valence-electron chi connectivity index (χ3n) is 4.11. The van der Waals surface area contributed by atoms with Crippen molar-refractivity contribution in [1.82, 2.24) is 4.90 Å². The largest absolute Gasteiger partial charge is 0.497 e. The highest BCUT2D eigenvalue weighted by atomic mass is 16.5. The minimum Gasteiger partial charge on any atom is -0.497 e. The normalized spacial score (nSPS) is 13.5. The van der Waals surface area contributed by atoms with Gasteiger partial charge in [0, 0.05) is 17.8 Å². The number of nitrogens with one attached hydrogen (secondary N) is 1. The molecule has 1 N–H and O–H groups in total. The van der Waals surface area contributed by atoms with E-state index in [1.54, 1.807) is 54.5 Å². The van der Waals surface area contributed by atoms with Crippen LogP contribution in [-0.2, 0) is 0 Å². The summed E-state index contributed by atoms with van der Waals surface area (Å²) in [5.74, 6) is 0.889. The summed E-state index contributed by atoms with van der Waals surface area (Å²) in [5.41, 5.74) is 1.52. The van der Waals surface area contributed by atoms with Gasteiger partial charge < -0.3 is 19.7 Å². The van der Waals surface area contributed by atoms with Crippen LogP contribution in [0.3, 0.4) is 0 Å². The lowest BCUT2D eigenvalue weighted by Crippen LogP contribution is -2.32. The lowest BCUT2D eigenvalue weighted by molar-refractivity contribution is 0.0764. The summed E-state index contributed by atoms with van der Waals surface area (Å²) in [4.78, 5) is 26.7. The van der Waals surface area contributed by atoms with Crippen molar-refractivity contribution in [2.24, 2.45) is 0 Å². The molecule has 0 aromatic heterocycles. The first-order valence-electron chi connectivity index (χ1n) is 8.14. The number of rotatable bonds is 4. The number of amides is 2. The van der Waals surface area contributed by atoms with Crippen LogP contribution in [0.4, 0.5) is 5.69 Å². The van der Waals surface area contributed by atoms with Crippen LogP contribution >= 0.6 is 0 Å². The third kappa shape index (κ3) is 3.57. The highest BCUT2D eigenvalue weighted by molar-refractivity contribution is 6.05. The van der Waals surface area contributed by atoms with Crippen molar-refractivity contribution >= 4 is 17.5 Å². The number of likely N-dealkylation sites (N-methyl/N-ethyl adjacent to an activating group) is 1. The number of carbonyl (C=O) groups excluding carboxylic acids is 2. The Bertz CT molecular complexity index is 787. The number of fused-ring (bicyclic) bond motifs is 1. The van der Waals surface area contributed by atoms with Gasteiger partial charge in [0.15, 0.2) is 0 Å². The molecule has 1 aliphatic heterocycles. The van der Waals surface area contributed by atoms with Gasteiger partial charge in [0.2, 0.25) is 0 Å². The summed E-state index contributed by atoms with van der Waals surface area (Å²) >= 11 is 0. The Morgan fingerprint density at radius 2 is 2.00 bits per heavy atom. The molecule has 0 radical (unpaired) electrons. The van der Waals surface area contributed by atoms with Crippen LogP contribution in [0.15, 0.2) is 42.5 Å². The van der Waals surface area contributed by atoms with Crippen molar-refractivity contribution < 1.29 is 19.1 Å². The average Bonchev–Trinajstić information content (AvgIpc) is 2.80. The molecule has 6 heteroatoms. The molecule has 0 atom stereocenters. The molecule has 0 unspecified atom stereocenters. The maximum Gasteiger partial charge on any atom is 0.257 e. The highest BCUT2D eigenvalue weighted by Crippen LogP contribution is 2.26. The molecule has 0 saturated carbocycles. The van der Waals surface area contributed by atoms with E-state index in [0.717, 1.165) is 0 Å². The second kappa shape index (κ2) is 7.25. The molecule has 3 rings (SSSR count). The van der Waals surface area contributed by atoms with E-state index in [0.29, 0.717) is 48.0 Å². The molecule has 0 aliphatic carbocycles. The Kier molecular flexibility index (Phi) is 4.88. The van der Waals surface area contributed by atoms with Gasteiger partial charge in [-0.05, 0) is 49.4 Å². The summed E-state index contributed by atoms with van der Waals surface area (Å²) in [6.45, 7) is 3.56. The summed E-state index contributed by atoms with van der Waals surface area (Å²) < 4.78 is 10.7. The molecule has 2 aromatic carbocycles. The number of benzene rings is 2. The van der Waals surface area contributed by atoms with Gasteiger partial charge in [0.1, 0.15) is 18.1 Å². The van der Waals surface area contributed by atoms with Crippen molar-refractivity contribution in [3.63, 3.8) is 0 Å². The lowest BCUT2D eigenvalue weighted by atomic mass is 10.1. The molecule has 0 bridgehead atoms. The first kappa shape index (κ1) is 16.8. The van der Waals surface area contributed by atoms with Gasteiger partial charge in [-0.25, -0.2) is 0 Å². The highest BCUT2D eigenvalue weighted by Gasteiger charge is 2.23. The molecular weight excluding hydrogens is 320 g/mol. The van der Waals surface area contributed by atoms with Crippen LogP contribution in [0.5, 0.6) is 11.5 Å². The van der Waals surface area contributed by atoms with Gasteiger partial charge in [-0.1, -0.05) is 0 Å². The minimum absolute atomic E-state index is 0.0875. The zero-order chi connectivity index (χ0) is 17.8. The van der Waals surface area contributed by atoms with E-state index in [1.807, 2.05) is 6.92 Å². The fraction of sp³-hybridized carbons (Fsp3) is 0.263. The van der Waals surface area contributed by atoms with E-state index < -0.39 is 0 Å². The SMILES string of the molecule is CCN1CCOc2ccc(NC(=O)c3ccc(OC)cc3)cc2C1=O. The summed E-state index contributed by atoms with van der Waals surface area (Å²) in [6.07, 6.45) is 0. The molecule has 1 heterocycles. The zero-order valence-corrected chi connectivity index (χ0v) is 14.2. The number of ether oxygens (including phenoxy) is 2. The van der Waals surface area contributed by atoms with Crippen molar-refractivity contribution in [3.8, 4) is 11.5 Å². The monoisotopic (exact) mass is 340 g/mol. The van der Waals surface area contributed by atoms with Gasteiger partial charge >= 0.3 is 0 Å². The molecule has 2 amide bonds. The molecule has 25 heavy (non-hydrogen) atoms. The van der Waals surface area contributed by atoms with E-state index in [4.69, 9.17) is 9.47 Å². The molecule has 6 nitrogen and oxygen atoms in total. The quantitative estimate of drug-likeness (QED) is 0.929. The fourth-order valence-electron chi connectivity index (χ4n) is 2.69. The number of nitrogens with zero attached hydrogens (tertiary/aromatic N) is 1. The van der Waals surface area contributed by atoms with E-state index in [1.165, 1.54) is 0 Å². The van der Waals surface area contributed by atoms with Crippen LogP contribution < -0.4 is 14.8 Å². The van der Waals surface area contributed by atoms with Crippen molar-refractivity contribution in [1.29, 1.82) is 0 Å². The number of anilines is 1. The Hall–Kier alpha value is -3.02. The van der Waals surface area contributed by atoms with Crippen molar-refractivity contribution in [2.45, 2.75) is 6.92 Å². The van der Waals surface area contributed by atoms with Crippen LogP contribution in [0, 0.1) is 0 Å². The second-order valence-electron chi connectivity index (χ2n) is 5.63. The predicted octanol–water partition coefficient (Wildman–Crippen LogP) is 2.80. The van der Waals surface area contributed by atoms with Crippen LogP contribution in [0.2, 0.25) is 0 Å². The number of methoxy groups -OCH3 is 1. The van der Waals surface area contributed by atoms with Gasteiger partial charge in [-0.2, -0.15) is 0 Å². The minimum atomic E-state index is -0.253. The summed E-state index contributed by atoms with van der Waals surface area (Å²) in [7, 11) is 1.57. The van der Waals surface area contributed by atoms with Crippen LogP contribution in [0.1, 0.15) is 27.6 Å². The maximum absolute atomic E-state index is 12.6. The van der Waals surface area contributed by atoms with Gasteiger partial charge in [-0.3, -0.25) is 9.59 Å². The van der Waals surface area contributed by atoms with Crippen molar-refractivity contribution in [3.05, 3.63) is 53.6 Å². The Morgan fingerprint density at radius 3 is 2.68 bits per heavy atom. The van der Waals surface area contributed by atoms with E-state index >= 15 is 0 Å². The smallest absolute Gasteiger partial charge is 0.257 e. The Balaban J connectivity index is 1.81. The predicted molar refractivity (Wildman–Crippen MR) is 94.5 cm³/mol. The Morgan fingerprint density at radius 1 is 1.24 bits per heavy atom. The van der Waals surface area contributed by atoms with E-state index in [2.05, 4.69) is 5.32 Å². The Labute approximate surface area is 146 Å². The first-order chi connectivity index (χ1) is 12.1. The van der Waals surface area contributed by atoms with Crippen LogP contribution in [-0.4, -0.2) is 43.5 Å². The van der Waals surface area contributed by atoms with E-state index in [-0.39, 0.29) is 11.8 Å². The van der Waals surface area contributed by atoms with Gasteiger partial charge in [-0.15, -0.1) is 0 Å². The number of hydrogen-bond donors (Lipinski definition) is 1. The second-order valence-corrected chi connectivity index (χ2v) is 5.63. The van der Waals surface area contributed by atoms with Gasteiger partial charge in [0.25, 0.3) is 11.8 Å². The standard InChI is InChI=1S/C19H20N2O4/c1-3-21-10-11-25-17-9-6-14(12-16(17)19(21)23)20-18(22)13-4-7-15(24-2)8-5-13/h4-9,12H,3,10-11H2,1-2H3,(H,20,22). The molecule has 0 spiro atoms. The van der Waals surface area contributed by atoms with Crippen molar-refractivity contribution in [2.75, 3.05) is 32.1 Å². The molecular formula is C19H20N2O4. The summed E-state index contributed by atoms with van der Waals surface area (Å²) in [5, 5.41) is 2.81. The molecule has 0 fully saturated rings. The van der Waals surface area contributed by atoms with Crippen LogP contribution in [0.25, 0.3) is 0 Å². The molecule has 1 aliphatic rings. The third-order valence-corrected chi connectivity index (χ3v) is 4.11. The van der Waals surface area contributed by atoms with E-state index in [9.17, 15) is 9.59 Å². The topological polar surface area (TPSA) is 67.9 Å². The number of hydrogen-bond acceptors (Lipinski definition) is 4. The number of carbonyl (C=O) groups is 2. The lowest BCUT2D eigenvalue weighted by Gasteiger charge is -2.17. The molecule has 130 valence electrons. The maximum atomic E-state index is 12.6. The molecule has 0 saturated heterocycles. The zero-order valence-electron chi connectivity index (χ0n) is 14.2. The average molecular weight is 340 g/mol.